The van der Waals surface area contributed by atoms with Crippen molar-refractivity contribution in [2.75, 3.05) is 43.4 Å². The van der Waals surface area contributed by atoms with Crippen LogP contribution in [0.1, 0.15) is 16.8 Å². The van der Waals surface area contributed by atoms with Gasteiger partial charge >= 0.3 is 12.4 Å². The number of amides is 3. The van der Waals surface area contributed by atoms with Gasteiger partial charge in [0.25, 0.3) is 5.91 Å². The highest BCUT2D eigenvalue weighted by Crippen LogP contribution is 2.31. The monoisotopic (exact) mass is 831 g/mol. The van der Waals surface area contributed by atoms with Crippen molar-refractivity contribution in [3.63, 3.8) is 0 Å². The fourth-order valence-corrected chi connectivity index (χ4v) is 6.31. The molecule has 1 aromatic heterocycles. The number of benzene rings is 4. The summed E-state index contributed by atoms with van der Waals surface area (Å²) in [5.74, 6) is -0.197. The van der Waals surface area contributed by atoms with Gasteiger partial charge in [-0.3, -0.25) is 14.6 Å². The number of aromatic hydroxyl groups is 1. The van der Waals surface area contributed by atoms with Gasteiger partial charge in [0.15, 0.2) is 5.75 Å². The lowest BCUT2D eigenvalue weighted by Crippen LogP contribution is -2.48. The zero-order valence-electron chi connectivity index (χ0n) is 29.6. The maximum absolute atomic E-state index is 12.7. The molecule has 1 fully saturated rings. The molecule has 0 unspecified atom stereocenters. The molecule has 56 heavy (non-hydrogen) atoms. The van der Waals surface area contributed by atoms with E-state index < -0.39 is 18.1 Å². The number of para-hydroxylation sites is 2. The number of phenolic OH excluding ortho intramolecular Hbond substituents is 1. The van der Waals surface area contributed by atoms with E-state index in [0.717, 1.165) is 41.0 Å². The molecule has 1 aliphatic rings. The summed E-state index contributed by atoms with van der Waals surface area (Å²) < 4.78 is 47.9. The van der Waals surface area contributed by atoms with E-state index in [1.54, 1.807) is 36.4 Å². The molecular formula is C38H38Cl2F3N7O5S. The van der Waals surface area contributed by atoms with Crippen molar-refractivity contribution in [2.45, 2.75) is 19.5 Å². The van der Waals surface area contributed by atoms with Crippen LogP contribution in [0.25, 0.3) is 10.6 Å². The van der Waals surface area contributed by atoms with Gasteiger partial charge in [-0.05, 0) is 60.2 Å². The standard InChI is InChI=1S/C38H36F3N7O5S.2ClH/c39-38(40,41)53-34-9-5-4-8-32(34)45-37(51)44-29-12-10-27(11-13-29)36-43-30(25-54-36)22-47-16-18-48(19-17-47)23-35(50)46-42-21-28-20-31(14-15-33(28)49)52-24-26-6-2-1-3-7-26;;/h1-15,20-21,25,49H,16-19,22-24H2,(H,46,50)(H2,44,45,51);2*1H/b42-21+;;. The third kappa shape index (κ3) is 13.1. The zero-order valence-corrected chi connectivity index (χ0v) is 32.0. The summed E-state index contributed by atoms with van der Waals surface area (Å²) in [5.41, 5.74) is 6.04. The third-order valence-electron chi connectivity index (χ3n) is 8.16. The number of rotatable bonds is 13. The first kappa shape index (κ1) is 43.3. The molecular weight excluding hydrogens is 794 g/mol. The molecule has 296 valence electrons. The number of alkyl halides is 3. The van der Waals surface area contributed by atoms with Crippen molar-refractivity contribution in [1.82, 2.24) is 20.2 Å². The van der Waals surface area contributed by atoms with Crippen LogP contribution in [0, 0.1) is 0 Å². The van der Waals surface area contributed by atoms with E-state index in [1.807, 2.05) is 40.6 Å². The Morgan fingerprint density at radius 2 is 1.59 bits per heavy atom. The molecule has 5 aromatic rings. The van der Waals surface area contributed by atoms with Crippen LogP contribution in [0.4, 0.5) is 29.3 Å². The quantitative estimate of drug-likeness (QED) is 0.0698. The van der Waals surface area contributed by atoms with Gasteiger partial charge in [-0.15, -0.1) is 49.3 Å². The Bertz CT molecular complexity index is 2070. The molecule has 0 saturated carbocycles. The third-order valence-corrected chi connectivity index (χ3v) is 9.10. The van der Waals surface area contributed by atoms with Gasteiger partial charge in [-0.25, -0.2) is 15.2 Å². The van der Waals surface area contributed by atoms with Crippen LogP contribution in [0.3, 0.4) is 0 Å². The smallest absolute Gasteiger partial charge is 0.507 e. The first-order chi connectivity index (χ1) is 26.1. The van der Waals surface area contributed by atoms with Crippen LogP contribution in [0.15, 0.2) is 108 Å². The molecule has 0 radical (unpaired) electrons. The zero-order chi connectivity index (χ0) is 37.9. The van der Waals surface area contributed by atoms with Crippen LogP contribution in [0.2, 0.25) is 0 Å². The van der Waals surface area contributed by atoms with Crippen LogP contribution in [-0.2, 0) is 17.9 Å². The number of hydrogen-bond donors (Lipinski definition) is 4. The van der Waals surface area contributed by atoms with E-state index in [0.29, 0.717) is 43.2 Å². The largest absolute Gasteiger partial charge is 0.573 e. The predicted molar refractivity (Wildman–Crippen MR) is 214 cm³/mol. The highest BCUT2D eigenvalue weighted by Gasteiger charge is 2.32. The predicted octanol–water partition coefficient (Wildman–Crippen LogP) is 7.75. The Balaban J connectivity index is 0.00000348. The number of halogens is 5. The average molecular weight is 833 g/mol. The van der Waals surface area contributed by atoms with Gasteiger partial charge in [0.05, 0.1) is 24.1 Å². The molecule has 18 heteroatoms. The fraction of sp³-hybridized carbons (Fsp3) is 0.211. The molecule has 4 aromatic carbocycles. The normalized spacial score (nSPS) is 13.3. The molecule has 1 saturated heterocycles. The molecule has 0 atom stereocenters. The minimum Gasteiger partial charge on any atom is -0.507 e. The molecule has 0 aliphatic carbocycles. The van der Waals surface area contributed by atoms with Crippen LogP contribution in [-0.4, -0.2) is 77.1 Å². The summed E-state index contributed by atoms with van der Waals surface area (Å²) in [4.78, 5) is 34.1. The minimum absolute atomic E-state index is 0. The number of urea groups is 1. The highest BCUT2D eigenvalue weighted by atomic mass is 35.5. The Hall–Kier alpha value is -5.39. The lowest BCUT2D eigenvalue weighted by molar-refractivity contribution is -0.274. The second-order valence-electron chi connectivity index (χ2n) is 12.2. The average Bonchev–Trinajstić information content (AvgIpc) is 3.62. The Kier molecular flexibility index (Phi) is 15.9. The number of carbonyl (C=O) groups is 2. The maximum Gasteiger partial charge on any atom is 0.573 e. The molecule has 1 aliphatic heterocycles. The number of anilines is 2. The molecule has 12 nitrogen and oxygen atoms in total. The van der Waals surface area contributed by atoms with Crippen molar-refractivity contribution in [3.8, 4) is 27.8 Å². The number of nitrogens with one attached hydrogen (secondary N) is 3. The van der Waals surface area contributed by atoms with Crippen molar-refractivity contribution in [1.29, 1.82) is 0 Å². The van der Waals surface area contributed by atoms with E-state index in [4.69, 9.17) is 9.72 Å². The van der Waals surface area contributed by atoms with Crippen LogP contribution >= 0.6 is 36.2 Å². The summed E-state index contributed by atoms with van der Waals surface area (Å²) in [6, 6.07) is 26.1. The van der Waals surface area contributed by atoms with E-state index in [9.17, 15) is 27.9 Å². The van der Waals surface area contributed by atoms with Crippen molar-refractivity contribution in [3.05, 3.63) is 119 Å². The fourth-order valence-electron chi connectivity index (χ4n) is 5.49. The number of hydrazone groups is 1. The Morgan fingerprint density at radius 1 is 0.893 bits per heavy atom. The van der Waals surface area contributed by atoms with Crippen molar-refractivity contribution >= 4 is 65.7 Å². The molecule has 2 heterocycles. The lowest BCUT2D eigenvalue weighted by atomic mass is 10.2. The minimum atomic E-state index is -4.89. The van der Waals surface area contributed by atoms with E-state index in [1.165, 1.54) is 41.8 Å². The first-order valence-electron chi connectivity index (χ1n) is 16.8. The number of carbonyl (C=O) groups excluding carboxylic acids is 2. The van der Waals surface area contributed by atoms with Crippen LogP contribution < -0.4 is 25.5 Å². The number of hydrogen-bond acceptors (Lipinski definition) is 10. The number of nitrogens with zero attached hydrogens (tertiary/aromatic N) is 4. The topological polar surface area (TPSA) is 141 Å². The molecule has 3 amide bonds. The summed E-state index contributed by atoms with van der Waals surface area (Å²) in [5, 5.41) is 22.0. The highest BCUT2D eigenvalue weighted by molar-refractivity contribution is 7.13. The molecule has 0 spiro atoms. The molecule has 6 rings (SSSR count). The lowest BCUT2D eigenvalue weighted by Gasteiger charge is -2.33. The first-order valence-corrected chi connectivity index (χ1v) is 17.7. The summed E-state index contributed by atoms with van der Waals surface area (Å²) in [7, 11) is 0. The Labute approximate surface area is 337 Å². The van der Waals surface area contributed by atoms with Gasteiger partial charge < -0.3 is 25.2 Å². The van der Waals surface area contributed by atoms with Crippen molar-refractivity contribution < 1.29 is 37.3 Å². The van der Waals surface area contributed by atoms with Gasteiger partial charge in [-0.1, -0.05) is 42.5 Å². The van der Waals surface area contributed by atoms with Crippen LogP contribution in [0.5, 0.6) is 17.2 Å². The van der Waals surface area contributed by atoms with Gasteiger partial charge in [0.2, 0.25) is 0 Å². The number of piperazine rings is 1. The second-order valence-corrected chi connectivity index (χ2v) is 13.0. The number of aromatic nitrogens is 1. The van der Waals surface area contributed by atoms with Crippen molar-refractivity contribution in [2.24, 2.45) is 5.10 Å². The summed E-state index contributed by atoms with van der Waals surface area (Å²) >= 11 is 1.49. The maximum atomic E-state index is 12.7. The van der Waals surface area contributed by atoms with Gasteiger partial charge in [0.1, 0.15) is 23.1 Å². The van der Waals surface area contributed by atoms with E-state index in [-0.39, 0.29) is 48.7 Å². The SMILES string of the molecule is Cl.Cl.O=C(CN1CCN(Cc2csc(-c3ccc(NC(=O)Nc4ccccc4OC(F)(F)F)cc3)n2)CC1)N/N=C/c1cc(OCc2ccccc2)ccc1O. The Morgan fingerprint density at radius 3 is 2.32 bits per heavy atom. The number of ether oxygens (including phenoxy) is 2. The van der Waals surface area contributed by atoms with Gasteiger partial charge in [0, 0.05) is 54.9 Å². The summed E-state index contributed by atoms with van der Waals surface area (Å²) in [6.45, 7) is 4.11. The van der Waals surface area contributed by atoms with E-state index in [2.05, 4.69) is 30.8 Å². The van der Waals surface area contributed by atoms with Gasteiger partial charge in [-0.2, -0.15) is 5.10 Å². The molecule has 0 bridgehead atoms. The number of phenols is 1. The molecule has 4 N–H and O–H groups in total. The van der Waals surface area contributed by atoms with E-state index >= 15 is 0 Å². The summed E-state index contributed by atoms with van der Waals surface area (Å²) in [6.07, 6.45) is -3.51. The second kappa shape index (κ2) is 20.5. The number of thiazole rings is 1.